The minimum absolute atomic E-state index is 0.00917. The second-order valence-electron chi connectivity index (χ2n) is 10.1. The molecule has 0 radical (unpaired) electrons. The molecule has 0 fully saturated rings. The van der Waals surface area contributed by atoms with Crippen molar-refractivity contribution >= 4 is 31.9 Å². The summed E-state index contributed by atoms with van der Waals surface area (Å²) in [6.07, 6.45) is -0.103. The van der Waals surface area contributed by atoms with Gasteiger partial charge < -0.3 is 9.47 Å². The maximum Gasteiger partial charge on any atom is 0.324 e. The first-order valence-corrected chi connectivity index (χ1v) is 15.4. The Balaban J connectivity index is 1.47. The van der Waals surface area contributed by atoms with Crippen molar-refractivity contribution in [2.75, 3.05) is 6.54 Å². The molecule has 0 bridgehead atoms. The fourth-order valence-corrected chi connectivity index (χ4v) is 6.88. The van der Waals surface area contributed by atoms with Gasteiger partial charge in [0.2, 0.25) is 10.0 Å². The summed E-state index contributed by atoms with van der Waals surface area (Å²) < 4.78 is 66.3. The molecule has 0 aliphatic carbocycles. The second-order valence-corrected chi connectivity index (χ2v) is 13.7. The molecular weight excluding hydrogens is 556 g/mol. The molecule has 12 heteroatoms. The third-order valence-electron chi connectivity index (χ3n) is 5.87. The molecule has 1 atom stereocenters. The number of hydrogen-bond donors (Lipinski definition) is 1. The van der Waals surface area contributed by atoms with Gasteiger partial charge in [0, 0.05) is 6.54 Å². The van der Waals surface area contributed by atoms with Crippen molar-refractivity contribution in [2.45, 2.75) is 55.0 Å². The summed E-state index contributed by atoms with van der Waals surface area (Å²) in [5.74, 6) is -0.476. The van der Waals surface area contributed by atoms with Gasteiger partial charge in [-0.3, -0.25) is 9.59 Å². The van der Waals surface area contributed by atoms with Crippen LogP contribution in [0.5, 0.6) is 11.5 Å². The predicted octanol–water partition coefficient (Wildman–Crippen LogP) is 4.09. The van der Waals surface area contributed by atoms with Gasteiger partial charge in [0.05, 0.1) is 10.5 Å². The zero-order valence-corrected chi connectivity index (χ0v) is 23.9. The highest BCUT2D eigenvalue weighted by atomic mass is 32.2. The number of nitrogens with one attached hydrogen (secondary N) is 1. The highest BCUT2D eigenvalue weighted by molar-refractivity contribution is 7.90. The van der Waals surface area contributed by atoms with Crippen LogP contribution in [0.15, 0.2) is 88.7 Å². The van der Waals surface area contributed by atoms with Crippen LogP contribution < -0.4 is 9.46 Å². The van der Waals surface area contributed by atoms with Crippen molar-refractivity contribution in [3.63, 3.8) is 0 Å². The van der Waals surface area contributed by atoms with Crippen molar-refractivity contribution < 1.29 is 35.9 Å². The summed E-state index contributed by atoms with van der Waals surface area (Å²) in [7, 11) is -8.21. The number of benzene rings is 3. The van der Waals surface area contributed by atoms with Crippen LogP contribution in [-0.2, 0) is 29.6 Å². The number of carbonyl (C=O) groups is 2. The number of sulfonamides is 2. The van der Waals surface area contributed by atoms with Gasteiger partial charge in [-0.15, -0.1) is 0 Å². The van der Waals surface area contributed by atoms with E-state index in [1.165, 1.54) is 42.5 Å². The summed E-state index contributed by atoms with van der Waals surface area (Å²) in [5, 5.41) is 0. The molecule has 1 aliphatic rings. The minimum atomic E-state index is -4.18. The molecule has 212 valence electrons. The van der Waals surface area contributed by atoms with E-state index in [0.717, 1.165) is 4.31 Å². The Morgan fingerprint density at radius 1 is 0.925 bits per heavy atom. The third kappa shape index (κ3) is 6.69. The Morgan fingerprint density at radius 2 is 1.52 bits per heavy atom. The van der Waals surface area contributed by atoms with E-state index in [-0.39, 0.29) is 34.7 Å². The van der Waals surface area contributed by atoms with Crippen LogP contribution in [0.3, 0.4) is 0 Å². The number of esters is 1. The van der Waals surface area contributed by atoms with E-state index in [1.54, 1.807) is 39.0 Å². The molecular formula is C28H30N2O8S2. The summed E-state index contributed by atoms with van der Waals surface area (Å²) in [5.41, 5.74) is -0.820. The molecule has 1 heterocycles. The van der Waals surface area contributed by atoms with Crippen molar-refractivity contribution in [1.82, 2.24) is 9.03 Å². The fraction of sp³-hybridized carbons (Fsp3) is 0.286. The Morgan fingerprint density at radius 3 is 2.15 bits per heavy atom. The highest BCUT2D eigenvalue weighted by Gasteiger charge is 2.40. The summed E-state index contributed by atoms with van der Waals surface area (Å²) in [6, 6.07) is 19.2. The molecule has 0 aromatic heterocycles. The van der Waals surface area contributed by atoms with Crippen molar-refractivity contribution in [1.29, 1.82) is 0 Å². The minimum Gasteiger partial charge on any atom is -0.459 e. The quantitative estimate of drug-likeness (QED) is 0.351. The van der Waals surface area contributed by atoms with Crippen LogP contribution in [0.1, 0.15) is 44.0 Å². The van der Waals surface area contributed by atoms with Gasteiger partial charge >= 0.3 is 5.97 Å². The molecule has 40 heavy (non-hydrogen) atoms. The summed E-state index contributed by atoms with van der Waals surface area (Å²) in [6.45, 7) is 4.71. The van der Waals surface area contributed by atoms with Crippen LogP contribution in [-0.4, -0.2) is 51.2 Å². The van der Waals surface area contributed by atoms with Gasteiger partial charge in [-0.05, 0) is 82.1 Å². The van der Waals surface area contributed by atoms with E-state index in [4.69, 9.17) is 9.47 Å². The Kier molecular flexibility index (Phi) is 8.33. The molecule has 0 saturated carbocycles. The maximum atomic E-state index is 13.2. The molecule has 3 aromatic carbocycles. The summed E-state index contributed by atoms with van der Waals surface area (Å²) in [4.78, 5) is 25.5. The monoisotopic (exact) mass is 586 g/mol. The molecule has 10 nitrogen and oxygen atoms in total. The topological polar surface area (TPSA) is 136 Å². The third-order valence-corrected chi connectivity index (χ3v) is 9.20. The van der Waals surface area contributed by atoms with Crippen molar-refractivity contribution in [3.05, 3.63) is 84.4 Å². The average molecular weight is 587 g/mol. The lowest BCUT2D eigenvalue weighted by molar-refractivity contribution is -0.157. The lowest BCUT2D eigenvalue weighted by Crippen LogP contribution is -2.44. The predicted molar refractivity (Wildman–Crippen MR) is 147 cm³/mol. The maximum absolute atomic E-state index is 13.2. The van der Waals surface area contributed by atoms with E-state index in [2.05, 4.69) is 4.72 Å². The largest absolute Gasteiger partial charge is 0.459 e. The second kappa shape index (κ2) is 11.4. The smallest absolute Gasteiger partial charge is 0.324 e. The van der Waals surface area contributed by atoms with E-state index in [0.29, 0.717) is 11.5 Å². The van der Waals surface area contributed by atoms with Crippen LogP contribution in [0, 0.1) is 0 Å². The van der Waals surface area contributed by atoms with Crippen LogP contribution in [0.2, 0.25) is 0 Å². The Hall–Kier alpha value is -3.74. The van der Waals surface area contributed by atoms with Crippen LogP contribution in [0.4, 0.5) is 0 Å². The van der Waals surface area contributed by atoms with Crippen LogP contribution >= 0.6 is 0 Å². The Bertz CT molecular complexity index is 1600. The number of hydrogen-bond acceptors (Lipinski definition) is 8. The molecule has 0 unspecified atom stereocenters. The standard InChI is InChI=1S/C28H30N2O8S2/c1-28(2,3)38-27(32)24(13-9-19-30-26(31)23-12-7-8-14-25(23)40(30,35)36)29-39(33,34)22-17-15-21(16-18-22)37-20-10-5-4-6-11-20/h4-8,10-12,14-18,24,29H,9,13,19H2,1-3H3/t24-/m1/s1. The first kappa shape index (κ1) is 29.2. The van der Waals surface area contributed by atoms with Gasteiger partial charge in [0.1, 0.15) is 28.0 Å². The average Bonchev–Trinajstić information content (AvgIpc) is 3.08. The van der Waals surface area contributed by atoms with E-state index in [9.17, 15) is 26.4 Å². The molecule has 0 saturated heterocycles. The number of fused-ring (bicyclic) bond motifs is 1. The number of ether oxygens (including phenoxy) is 2. The Labute approximate surface area is 234 Å². The lowest BCUT2D eigenvalue weighted by atomic mass is 10.1. The molecule has 0 spiro atoms. The zero-order chi connectivity index (χ0) is 29.1. The molecule has 3 aromatic rings. The number of amides is 1. The van der Waals surface area contributed by atoms with Crippen LogP contribution in [0.25, 0.3) is 0 Å². The van der Waals surface area contributed by atoms with Crippen molar-refractivity contribution in [2.24, 2.45) is 0 Å². The van der Waals surface area contributed by atoms with Gasteiger partial charge in [-0.2, -0.15) is 4.72 Å². The first-order chi connectivity index (χ1) is 18.8. The SMILES string of the molecule is CC(C)(C)OC(=O)[C@@H](CCCN1C(=O)c2ccccc2S1(=O)=O)NS(=O)(=O)c1ccc(Oc2ccccc2)cc1. The van der Waals surface area contributed by atoms with Gasteiger partial charge in [0.25, 0.3) is 15.9 Å². The van der Waals surface area contributed by atoms with Gasteiger partial charge in [0.15, 0.2) is 0 Å². The first-order valence-electron chi connectivity index (χ1n) is 12.5. The molecule has 1 N–H and O–H groups in total. The number of nitrogens with zero attached hydrogens (tertiary/aromatic N) is 1. The van der Waals surface area contributed by atoms with E-state index in [1.807, 2.05) is 18.2 Å². The summed E-state index contributed by atoms with van der Waals surface area (Å²) >= 11 is 0. The normalized spacial score (nSPS) is 15.4. The molecule has 4 rings (SSSR count). The van der Waals surface area contributed by atoms with E-state index < -0.39 is 43.6 Å². The van der Waals surface area contributed by atoms with Gasteiger partial charge in [-0.25, -0.2) is 21.1 Å². The number of para-hydroxylation sites is 1. The van der Waals surface area contributed by atoms with Crippen molar-refractivity contribution in [3.8, 4) is 11.5 Å². The number of carbonyl (C=O) groups excluding carboxylic acids is 2. The lowest BCUT2D eigenvalue weighted by Gasteiger charge is -2.25. The number of rotatable bonds is 10. The zero-order valence-electron chi connectivity index (χ0n) is 22.2. The highest BCUT2D eigenvalue weighted by Crippen LogP contribution is 2.30. The fourth-order valence-electron chi connectivity index (χ4n) is 4.06. The molecule has 1 amide bonds. The van der Waals surface area contributed by atoms with E-state index >= 15 is 0 Å². The molecule has 1 aliphatic heterocycles. The van der Waals surface area contributed by atoms with Gasteiger partial charge in [-0.1, -0.05) is 30.3 Å².